The minimum atomic E-state index is -0.999. The van der Waals surface area contributed by atoms with Crippen molar-refractivity contribution in [3.63, 3.8) is 0 Å². The van der Waals surface area contributed by atoms with E-state index >= 15 is 0 Å². The zero-order valence-electron chi connectivity index (χ0n) is 9.53. The highest BCUT2D eigenvalue weighted by Crippen LogP contribution is 2.30. The summed E-state index contributed by atoms with van der Waals surface area (Å²) in [7, 11) is 0. The van der Waals surface area contributed by atoms with E-state index in [1.807, 2.05) is 0 Å². The van der Waals surface area contributed by atoms with E-state index in [2.05, 4.69) is 5.32 Å². The molecular formula is C11H18N2O3. The minimum absolute atomic E-state index is 0.0418. The van der Waals surface area contributed by atoms with Gasteiger partial charge in [0.05, 0.1) is 6.04 Å². The van der Waals surface area contributed by atoms with Gasteiger partial charge in [0.1, 0.15) is 5.54 Å². The number of carboxylic acid groups (broad SMARTS) is 1. The van der Waals surface area contributed by atoms with Crippen LogP contribution in [0.3, 0.4) is 0 Å². The van der Waals surface area contributed by atoms with Gasteiger partial charge < -0.3 is 15.3 Å². The highest BCUT2D eigenvalue weighted by atomic mass is 16.4. The minimum Gasteiger partial charge on any atom is -0.480 e. The summed E-state index contributed by atoms with van der Waals surface area (Å²) < 4.78 is 0. The molecule has 2 atom stereocenters. The second kappa shape index (κ2) is 4.05. The molecule has 0 radical (unpaired) electrons. The standard InChI is InChI=1S/C11H18N2O3/c1-11(10(15)16)5-3-7-13(11)9(14)8-4-2-6-12-8/h8,12H,2-7H2,1H3,(H,15,16)/t8-,11?/m0/s1. The molecular weight excluding hydrogens is 208 g/mol. The Labute approximate surface area is 94.8 Å². The average molecular weight is 226 g/mol. The smallest absolute Gasteiger partial charge is 0.329 e. The van der Waals surface area contributed by atoms with Crippen LogP contribution in [0.2, 0.25) is 0 Å². The normalized spacial score (nSPS) is 34.3. The molecule has 1 amide bonds. The SMILES string of the molecule is CC1(C(=O)O)CCCN1C(=O)[C@@H]1CCCN1. The number of aliphatic carboxylic acids is 1. The number of carboxylic acids is 1. The van der Waals surface area contributed by atoms with Gasteiger partial charge in [0.2, 0.25) is 5.91 Å². The first-order valence-electron chi connectivity index (χ1n) is 5.84. The molecule has 0 aromatic carbocycles. The zero-order chi connectivity index (χ0) is 11.8. The molecule has 5 nitrogen and oxygen atoms in total. The Balaban J connectivity index is 2.13. The first-order chi connectivity index (χ1) is 7.55. The molecule has 0 saturated carbocycles. The van der Waals surface area contributed by atoms with Crippen molar-refractivity contribution >= 4 is 11.9 Å². The first-order valence-corrected chi connectivity index (χ1v) is 5.84. The molecule has 0 aliphatic carbocycles. The van der Waals surface area contributed by atoms with Gasteiger partial charge in [-0.3, -0.25) is 4.79 Å². The molecule has 2 saturated heterocycles. The number of carbonyl (C=O) groups is 2. The summed E-state index contributed by atoms with van der Waals surface area (Å²) >= 11 is 0. The Hall–Kier alpha value is -1.10. The van der Waals surface area contributed by atoms with E-state index in [1.54, 1.807) is 11.8 Å². The molecule has 2 aliphatic heterocycles. The van der Waals surface area contributed by atoms with Gasteiger partial charge >= 0.3 is 5.97 Å². The summed E-state index contributed by atoms with van der Waals surface area (Å²) in [5.41, 5.74) is -0.999. The molecule has 0 aromatic heterocycles. The van der Waals surface area contributed by atoms with Gasteiger partial charge in [0.25, 0.3) is 0 Å². The molecule has 2 fully saturated rings. The maximum atomic E-state index is 12.2. The third-order valence-electron chi connectivity index (χ3n) is 3.73. The largest absolute Gasteiger partial charge is 0.480 e. The van der Waals surface area contributed by atoms with Crippen molar-refractivity contribution in [3.8, 4) is 0 Å². The Morgan fingerprint density at radius 2 is 2.19 bits per heavy atom. The van der Waals surface area contributed by atoms with Gasteiger partial charge in [0.15, 0.2) is 0 Å². The highest BCUT2D eigenvalue weighted by molar-refractivity contribution is 5.90. The molecule has 0 spiro atoms. The lowest BCUT2D eigenvalue weighted by atomic mass is 9.98. The quantitative estimate of drug-likeness (QED) is 0.706. The maximum absolute atomic E-state index is 12.2. The molecule has 0 bridgehead atoms. The highest BCUT2D eigenvalue weighted by Gasteiger charge is 2.47. The Morgan fingerprint density at radius 1 is 1.44 bits per heavy atom. The number of amides is 1. The van der Waals surface area contributed by atoms with Crippen molar-refractivity contribution in [2.75, 3.05) is 13.1 Å². The summed E-state index contributed by atoms with van der Waals surface area (Å²) in [4.78, 5) is 24.9. The first kappa shape index (κ1) is 11.4. The maximum Gasteiger partial charge on any atom is 0.329 e. The molecule has 2 heterocycles. The number of likely N-dealkylation sites (tertiary alicyclic amines) is 1. The summed E-state index contributed by atoms with van der Waals surface area (Å²) in [6.07, 6.45) is 3.15. The van der Waals surface area contributed by atoms with Crippen molar-refractivity contribution < 1.29 is 14.7 Å². The van der Waals surface area contributed by atoms with Crippen molar-refractivity contribution in [2.24, 2.45) is 0 Å². The fourth-order valence-electron chi connectivity index (χ4n) is 2.62. The van der Waals surface area contributed by atoms with Crippen LogP contribution in [0, 0.1) is 0 Å². The van der Waals surface area contributed by atoms with Crippen LogP contribution in [-0.4, -0.2) is 46.6 Å². The number of nitrogens with one attached hydrogen (secondary N) is 1. The molecule has 16 heavy (non-hydrogen) atoms. The van der Waals surface area contributed by atoms with Gasteiger partial charge in [0, 0.05) is 6.54 Å². The molecule has 5 heteroatoms. The fraction of sp³-hybridized carbons (Fsp3) is 0.818. The van der Waals surface area contributed by atoms with E-state index in [4.69, 9.17) is 0 Å². The molecule has 2 aliphatic rings. The summed E-state index contributed by atoms with van der Waals surface area (Å²) in [6, 6.07) is -0.170. The van der Waals surface area contributed by atoms with E-state index in [-0.39, 0.29) is 11.9 Å². The zero-order valence-corrected chi connectivity index (χ0v) is 9.53. The lowest BCUT2D eigenvalue weighted by molar-refractivity contribution is -0.156. The lowest BCUT2D eigenvalue weighted by Gasteiger charge is -2.33. The van der Waals surface area contributed by atoms with Crippen LogP contribution in [0.5, 0.6) is 0 Å². The van der Waals surface area contributed by atoms with E-state index < -0.39 is 11.5 Å². The van der Waals surface area contributed by atoms with Crippen molar-refractivity contribution in [1.82, 2.24) is 10.2 Å². The molecule has 90 valence electrons. The van der Waals surface area contributed by atoms with E-state index in [0.717, 1.165) is 25.8 Å². The summed E-state index contributed by atoms with van der Waals surface area (Å²) in [6.45, 7) is 3.07. The number of hydrogen-bond acceptors (Lipinski definition) is 3. The van der Waals surface area contributed by atoms with Crippen LogP contribution in [-0.2, 0) is 9.59 Å². The number of hydrogen-bond donors (Lipinski definition) is 2. The second-order valence-corrected chi connectivity index (χ2v) is 4.82. The van der Waals surface area contributed by atoms with Gasteiger partial charge in [-0.2, -0.15) is 0 Å². The third-order valence-corrected chi connectivity index (χ3v) is 3.73. The van der Waals surface area contributed by atoms with Crippen LogP contribution in [0.15, 0.2) is 0 Å². The van der Waals surface area contributed by atoms with Crippen LogP contribution in [0.4, 0.5) is 0 Å². The third kappa shape index (κ3) is 1.69. The van der Waals surface area contributed by atoms with Crippen LogP contribution >= 0.6 is 0 Å². The van der Waals surface area contributed by atoms with Crippen molar-refractivity contribution in [1.29, 1.82) is 0 Å². The number of rotatable bonds is 2. The van der Waals surface area contributed by atoms with E-state index in [1.165, 1.54) is 0 Å². The Kier molecular flexibility index (Phi) is 2.88. The monoisotopic (exact) mass is 226 g/mol. The Morgan fingerprint density at radius 3 is 2.75 bits per heavy atom. The molecule has 2 rings (SSSR count). The molecule has 2 N–H and O–H groups in total. The predicted octanol–water partition coefficient (Wildman–Crippen LogP) is 0.204. The van der Waals surface area contributed by atoms with Crippen molar-refractivity contribution in [2.45, 2.75) is 44.2 Å². The second-order valence-electron chi connectivity index (χ2n) is 4.82. The van der Waals surface area contributed by atoms with Gasteiger partial charge in [-0.15, -0.1) is 0 Å². The van der Waals surface area contributed by atoms with Gasteiger partial charge in [-0.05, 0) is 39.2 Å². The molecule has 0 aromatic rings. The topological polar surface area (TPSA) is 69.6 Å². The summed E-state index contributed by atoms with van der Waals surface area (Å²) in [5, 5.41) is 12.3. The Bertz CT molecular complexity index is 312. The van der Waals surface area contributed by atoms with Crippen LogP contribution in [0.1, 0.15) is 32.6 Å². The number of nitrogens with zero attached hydrogens (tertiary/aromatic N) is 1. The summed E-state index contributed by atoms with van der Waals surface area (Å²) in [5.74, 6) is -0.934. The van der Waals surface area contributed by atoms with Gasteiger partial charge in [-0.1, -0.05) is 0 Å². The van der Waals surface area contributed by atoms with Crippen LogP contribution in [0.25, 0.3) is 0 Å². The molecule has 1 unspecified atom stereocenters. The lowest BCUT2D eigenvalue weighted by Crippen LogP contribution is -2.55. The van der Waals surface area contributed by atoms with Crippen LogP contribution < -0.4 is 5.32 Å². The van der Waals surface area contributed by atoms with Gasteiger partial charge in [-0.25, -0.2) is 4.79 Å². The van der Waals surface area contributed by atoms with E-state index in [9.17, 15) is 14.7 Å². The fourth-order valence-corrected chi connectivity index (χ4v) is 2.62. The average Bonchev–Trinajstić information content (AvgIpc) is 2.85. The predicted molar refractivity (Wildman–Crippen MR) is 58.0 cm³/mol. The number of carbonyl (C=O) groups excluding carboxylic acids is 1. The van der Waals surface area contributed by atoms with Crippen molar-refractivity contribution in [3.05, 3.63) is 0 Å². The van der Waals surface area contributed by atoms with E-state index in [0.29, 0.717) is 13.0 Å².